The Morgan fingerprint density at radius 3 is 1.79 bits per heavy atom. The zero-order chi connectivity index (χ0) is 33.6. The van der Waals surface area contributed by atoms with Crippen LogP contribution in [0.2, 0.25) is 0 Å². The van der Waals surface area contributed by atoms with Crippen molar-refractivity contribution in [3.63, 3.8) is 0 Å². The number of hydrogen-bond acceptors (Lipinski definition) is 7. The minimum atomic E-state index is 0.639. The van der Waals surface area contributed by atoms with E-state index in [1.165, 1.54) is 119 Å². The van der Waals surface area contributed by atoms with Gasteiger partial charge in [-0.15, -0.1) is 0 Å². The number of rotatable bonds is 9. The van der Waals surface area contributed by atoms with E-state index in [2.05, 4.69) is 77.4 Å². The number of carbonyl (C=O) groups is 1. The second kappa shape index (κ2) is 19.5. The van der Waals surface area contributed by atoms with E-state index < -0.39 is 0 Å². The van der Waals surface area contributed by atoms with Gasteiger partial charge >= 0.3 is 0 Å². The van der Waals surface area contributed by atoms with Crippen LogP contribution in [-0.2, 0) is 30.5 Å². The third kappa shape index (κ3) is 11.3. The van der Waals surface area contributed by atoms with Crippen molar-refractivity contribution in [2.75, 3.05) is 61.0 Å². The van der Waals surface area contributed by atoms with Crippen LogP contribution in [0.15, 0.2) is 36.4 Å². The molecule has 2 heterocycles. The molecule has 7 nitrogen and oxygen atoms in total. The van der Waals surface area contributed by atoms with Crippen LogP contribution in [0.4, 0.5) is 0 Å². The predicted octanol–water partition coefficient (Wildman–Crippen LogP) is 6.19. The van der Waals surface area contributed by atoms with Gasteiger partial charge in [0.1, 0.15) is 17.8 Å². The van der Waals surface area contributed by atoms with E-state index >= 15 is 0 Å². The van der Waals surface area contributed by atoms with Gasteiger partial charge in [0.25, 0.3) is 0 Å². The van der Waals surface area contributed by atoms with Gasteiger partial charge in [-0.3, -0.25) is 4.90 Å². The highest BCUT2D eigenvalue weighted by Crippen LogP contribution is 2.31. The van der Waals surface area contributed by atoms with E-state index in [0.717, 1.165) is 30.2 Å². The third-order valence-corrected chi connectivity index (χ3v) is 10.7. The molecule has 0 spiro atoms. The molecular formula is C40H64N4O3. The Hall–Kier alpha value is -2.45. The summed E-state index contributed by atoms with van der Waals surface area (Å²) in [5.74, 6) is 1.99. The third-order valence-electron chi connectivity index (χ3n) is 10.7. The first-order chi connectivity index (χ1) is 22.9. The van der Waals surface area contributed by atoms with Crippen molar-refractivity contribution in [2.45, 2.75) is 115 Å². The molecule has 0 saturated carbocycles. The molecule has 0 amide bonds. The normalized spacial score (nSPS) is 22.2. The lowest BCUT2D eigenvalue weighted by Gasteiger charge is -2.43. The fourth-order valence-electron chi connectivity index (χ4n) is 7.88. The number of aldehydes is 1. The van der Waals surface area contributed by atoms with Crippen LogP contribution in [0.1, 0.15) is 87.5 Å². The van der Waals surface area contributed by atoms with E-state index in [0.29, 0.717) is 24.5 Å². The highest BCUT2D eigenvalue weighted by Gasteiger charge is 2.31. The molecule has 6 rings (SSSR count). The van der Waals surface area contributed by atoms with Gasteiger partial charge in [0, 0.05) is 30.6 Å². The molecular weight excluding hydrogens is 584 g/mol. The van der Waals surface area contributed by atoms with E-state index in [9.17, 15) is 4.79 Å². The van der Waals surface area contributed by atoms with Crippen LogP contribution in [-0.4, -0.2) is 106 Å². The Kier molecular flexibility index (Phi) is 15.5. The van der Waals surface area contributed by atoms with Gasteiger partial charge < -0.3 is 29.4 Å². The zero-order valence-corrected chi connectivity index (χ0v) is 30.4. The van der Waals surface area contributed by atoms with Crippen molar-refractivity contribution < 1.29 is 14.3 Å². The Morgan fingerprint density at radius 2 is 1.26 bits per heavy atom. The number of aryl methyl sites for hydroxylation is 2. The largest absolute Gasteiger partial charge is 0.497 e. The lowest BCUT2D eigenvalue weighted by molar-refractivity contribution is -0.107. The lowest BCUT2D eigenvalue weighted by Crippen LogP contribution is -2.50. The van der Waals surface area contributed by atoms with Crippen molar-refractivity contribution >= 4 is 6.29 Å². The fraction of sp³-hybridized carbons (Fsp3) is 0.675. The number of methoxy groups -OCH3 is 2. The molecule has 7 heteroatoms. The monoisotopic (exact) mass is 648 g/mol. The first kappa shape index (κ1) is 37.4. The summed E-state index contributed by atoms with van der Waals surface area (Å²) in [6.07, 6.45) is 15.4. The molecule has 47 heavy (non-hydrogen) atoms. The van der Waals surface area contributed by atoms with Crippen LogP contribution in [0.25, 0.3) is 0 Å². The van der Waals surface area contributed by atoms with Crippen molar-refractivity contribution in [2.24, 2.45) is 0 Å². The summed E-state index contributed by atoms with van der Waals surface area (Å²) < 4.78 is 10.8. The molecule has 2 aliphatic heterocycles. The summed E-state index contributed by atoms with van der Waals surface area (Å²) in [4.78, 5) is 16.9. The number of nitrogens with one attached hydrogen (secondary N) is 1. The number of fused-ring (bicyclic) bond motifs is 2. The van der Waals surface area contributed by atoms with Crippen LogP contribution in [0, 0.1) is 0 Å². The fourth-order valence-corrected chi connectivity index (χ4v) is 7.88. The number of benzene rings is 2. The summed E-state index contributed by atoms with van der Waals surface area (Å²) in [5, 5.41) is 3.89. The van der Waals surface area contributed by atoms with Gasteiger partial charge in [0.15, 0.2) is 0 Å². The van der Waals surface area contributed by atoms with Crippen LogP contribution >= 0.6 is 0 Å². The van der Waals surface area contributed by atoms with E-state index in [4.69, 9.17) is 9.47 Å². The number of piperidine rings is 2. The standard InChI is InChI=1S/C20H32N2O.C17H26N2O.C3H6O/c1-4-11-22(18-9-12-21(2)13-10-18)19-7-5-16-6-8-20(23-3)15-17(16)14-19;1-19-9-7-15(8-10-19)18-16-5-3-13-4-6-17(20-2)12-14(13)11-16;1-2-3-4/h6,8,15,18-19H,4-5,7,9-14H2,1-3H3;4,6,12,15-16,18H,3,5,7-11H2,1-2H3;3H,2H2,1H3. The molecule has 0 bridgehead atoms. The number of hydrogen-bond donors (Lipinski definition) is 1. The molecule has 4 aliphatic rings. The molecule has 2 atom stereocenters. The highest BCUT2D eigenvalue weighted by atomic mass is 16.5. The van der Waals surface area contributed by atoms with Gasteiger partial charge in [-0.1, -0.05) is 26.0 Å². The second-order valence-corrected chi connectivity index (χ2v) is 14.2. The average Bonchev–Trinajstić information content (AvgIpc) is 3.11. The van der Waals surface area contributed by atoms with E-state index in [1.54, 1.807) is 14.2 Å². The maximum Gasteiger partial charge on any atom is 0.119 e. The first-order valence-corrected chi connectivity index (χ1v) is 18.5. The minimum Gasteiger partial charge on any atom is -0.497 e. The maximum absolute atomic E-state index is 9.17. The van der Waals surface area contributed by atoms with E-state index in [1.807, 2.05) is 6.92 Å². The topological polar surface area (TPSA) is 57.3 Å². The zero-order valence-electron chi connectivity index (χ0n) is 30.4. The van der Waals surface area contributed by atoms with Crippen molar-refractivity contribution in [1.82, 2.24) is 20.0 Å². The summed E-state index contributed by atoms with van der Waals surface area (Å²) >= 11 is 0. The van der Waals surface area contributed by atoms with Gasteiger partial charge in [0.05, 0.1) is 14.2 Å². The van der Waals surface area contributed by atoms with E-state index in [-0.39, 0.29) is 0 Å². The van der Waals surface area contributed by atoms with Crippen LogP contribution in [0.3, 0.4) is 0 Å². The molecule has 1 N–H and O–H groups in total. The summed E-state index contributed by atoms with van der Waals surface area (Å²) in [5.41, 5.74) is 6.02. The lowest BCUT2D eigenvalue weighted by atomic mass is 9.86. The second-order valence-electron chi connectivity index (χ2n) is 14.2. The Bertz CT molecular complexity index is 1210. The van der Waals surface area contributed by atoms with Crippen molar-refractivity contribution in [3.05, 3.63) is 58.7 Å². The molecule has 0 radical (unpaired) electrons. The summed E-state index contributed by atoms with van der Waals surface area (Å²) in [6.45, 7) is 10.3. The minimum absolute atomic E-state index is 0.639. The molecule has 2 unspecified atom stereocenters. The van der Waals surface area contributed by atoms with Gasteiger partial charge in [-0.2, -0.15) is 0 Å². The van der Waals surface area contributed by atoms with Gasteiger partial charge in [-0.05, 0) is 164 Å². The van der Waals surface area contributed by atoms with Crippen LogP contribution in [0.5, 0.6) is 11.5 Å². The highest BCUT2D eigenvalue weighted by molar-refractivity contribution is 5.48. The number of likely N-dealkylation sites (tertiary alicyclic amines) is 2. The molecule has 2 aromatic carbocycles. The van der Waals surface area contributed by atoms with Crippen molar-refractivity contribution in [1.29, 1.82) is 0 Å². The van der Waals surface area contributed by atoms with Gasteiger partial charge in [0.2, 0.25) is 0 Å². The molecule has 2 fully saturated rings. The smallest absolute Gasteiger partial charge is 0.119 e. The SMILES string of the molecule is CCC=O.CCCN(C1CCN(C)CC1)C1CCc2ccc(OC)cc2C1.COc1ccc2c(c1)CC(NC1CCN(C)CC1)CC2. The molecule has 2 aliphatic carbocycles. The summed E-state index contributed by atoms with van der Waals surface area (Å²) in [7, 11) is 7.99. The quantitative estimate of drug-likeness (QED) is 0.326. The molecule has 262 valence electrons. The number of carbonyl (C=O) groups excluding carboxylic acids is 1. The molecule has 0 aromatic heterocycles. The maximum atomic E-state index is 9.17. The Balaban J connectivity index is 0.000000193. The predicted molar refractivity (Wildman–Crippen MR) is 195 cm³/mol. The molecule has 2 saturated heterocycles. The first-order valence-electron chi connectivity index (χ1n) is 18.5. The van der Waals surface area contributed by atoms with Crippen molar-refractivity contribution in [3.8, 4) is 11.5 Å². The van der Waals surface area contributed by atoms with Gasteiger partial charge in [-0.25, -0.2) is 0 Å². The number of ether oxygens (including phenoxy) is 2. The average molecular weight is 649 g/mol. The van der Waals surface area contributed by atoms with Crippen LogP contribution < -0.4 is 14.8 Å². The molecule has 2 aromatic rings. The Labute approximate surface area is 286 Å². The summed E-state index contributed by atoms with van der Waals surface area (Å²) in [6, 6.07) is 16.0. The number of nitrogens with zero attached hydrogens (tertiary/aromatic N) is 3. The Morgan fingerprint density at radius 1 is 0.723 bits per heavy atom.